The zero-order valence-electron chi connectivity index (χ0n) is 9.53. The second kappa shape index (κ2) is 6.17. The first kappa shape index (κ1) is 12.6. The van der Waals surface area contributed by atoms with E-state index in [0.29, 0.717) is 6.54 Å². The van der Waals surface area contributed by atoms with Crippen molar-refractivity contribution < 1.29 is 9.18 Å². The van der Waals surface area contributed by atoms with Crippen LogP contribution >= 0.6 is 0 Å². The quantitative estimate of drug-likeness (QED) is 0.598. The Hall–Kier alpha value is -1.49. The SMILES string of the molecule is CNCCCN(C)C(=O)c1cccc(F)n1. The fourth-order valence-corrected chi connectivity index (χ4v) is 1.32. The number of halogens is 1. The van der Waals surface area contributed by atoms with Crippen molar-refractivity contribution in [3.63, 3.8) is 0 Å². The number of pyridine rings is 1. The highest BCUT2D eigenvalue weighted by atomic mass is 19.1. The Labute approximate surface area is 94.5 Å². The van der Waals surface area contributed by atoms with Gasteiger partial charge in [-0.3, -0.25) is 4.79 Å². The van der Waals surface area contributed by atoms with Crippen LogP contribution in [0.25, 0.3) is 0 Å². The van der Waals surface area contributed by atoms with Crippen LogP contribution in [0.1, 0.15) is 16.9 Å². The van der Waals surface area contributed by atoms with Gasteiger partial charge in [0.25, 0.3) is 5.91 Å². The molecule has 0 spiro atoms. The van der Waals surface area contributed by atoms with E-state index in [2.05, 4.69) is 10.3 Å². The third-order valence-corrected chi connectivity index (χ3v) is 2.20. The minimum atomic E-state index is -0.630. The van der Waals surface area contributed by atoms with Gasteiger partial charge in [0.05, 0.1) is 0 Å². The van der Waals surface area contributed by atoms with Crippen LogP contribution in [-0.4, -0.2) is 43.0 Å². The third-order valence-electron chi connectivity index (χ3n) is 2.20. The minimum Gasteiger partial charge on any atom is -0.340 e. The molecule has 1 rings (SSSR count). The number of rotatable bonds is 5. The smallest absolute Gasteiger partial charge is 0.272 e. The molecule has 0 fully saturated rings. The second-order valence-electron chi connectivity index (χ2n) is 3.53. The summed E-state index contributed by atoms with van der Waals surface area (Å²) in [7, 11) is 3.54. The van der Waals surface area contributed by atoms with Crippen LogP contribution in [0.3, 0.4) is 0 Å². The highest BCUT2D eigenvalue weighted by Crippen LogP contribution is 2.02. The van der Waals surface area contributed by atoms with Crippen LogP contribution in [0.15, 0.2) is 18.2 Å². The maximum atomic E-state index is 12.8. The van der Waals surface area contributed by atoms with E-state index in [1.807, 2.05) is 7.05 Å². The number of nitrogens with zero attached hydrogens (tertiary/aromatic N) is 2. The Kier molecular flexibility index (Phi) is 4.85. The molecular weight excluding hydrogens is 209 g/mol. The van der Waals surface area contributed by atoms with Crippen molar-refractivity contribution in [1.82, 2.24) is 15.2 Å². The molecule has 16 heavy (non-hydrogen) atoms. The average molecular weight is 225 g/mol. The van der Waals surface area contributed by atoms with Crippen LogP contribution in [0, 0.1) is 5.95 Å². The molecule has 0 unspecified atom stereocenters. The molecule has 0 saturated carbocycles. The first-order valence-electron chi connectivity index (χ1n) is 5.17. The van der Waals surface area contributed by atoms with E-state index in [1.54, 1.807) is 11.9 Å². The lowest BCUT2D eigenvalue weighted by atomic mass is 10.3. The van der Waals surface area contributed by atoms with E-state index in [9.17, 15) is 9.18 Å². The molecule has 1 aromatic rings. The highest BCUT2D eigenvalue weighted by Gasteiger charge is 2.12. The molecule has 5 heteroatoms. The van der Waals surface area contributed by atoms with Crippen LogP contribution in [0.5, 0.6) is 0 Å². The van der Waals surface area contributed by atoms with Gasteiger partial charge in [0.2, 0.25) is 5.95 Å². The lowest BCUT2D eigenvalue weighted by Crippen LogP contribution is -2.30. The van der Waals surface area contributed by atoms with E-state index >= 15 is 0 Å². The summed E-state index contributed by atoms with van der Waals surface area (Å²) in [4.78, 5) is 16.9. The number of hydrogen-bond donors (Lipinski definition) is 1. The van der Waals surface area contributed by atoms with E-state index in [0.717, 1.165) is 13.0 Å². The fraction of sp³-hybridized carbons (Fsp3) is 0.455. The van der Waals surface area contributed by atoms with Crippen LogP contribution < -0.4 is 5.32 Å². The first-order chi connectivity index (χ1) is 7.65. The normalized spacial score (nSPS) is 10.2. The molecule has 4 nitrogen and oxygen atoms in total. The molecule has 0 aliphatic rings. The van der Waals surface area contributed by atoms with Gasteiger partial charge in [-0.25, -0.2) is 4.98 Å². The largest absolute Gasteiger partial charge is 0.340 e. The minimum absolute atomic E-state index is 0.145. The summed E-state index contributed by atoms with van der Waals surface area (Å²) in [6, 6.07) is 4.22. The summed E-state index contributed by atoms with van der Waals surface area (Å²) in [5, 5.41) is 3.00. The lowest BCUT2D eigenvalue weighted by molar-refractivity contribution is 0.0786. The van der Waals surface area contributed by atoms with Crippen molar-refractivity contribution in [3.8, 4) is 0 Å². The molecule has 1 amide bonds. The van der Waals surface area contributed by atoms with Gasteiger partial charge in [0.15, 0.2) is 0 Å². The number of nitrogens with one attached hydrogen (secondary N) is 1. The number of carbonyl (C=O) groups excluding carboxylic acids is 1. The van der Waals surface area contributed by atoms with Crippen molar-refractivity contribution >= 4 is 5.91 Å². The molecule has 0 atom stereocenters. The molecule has 0 aliphatic carbocycles. The predicted molar refractivity (Wildman–Crippen MR) is 59.7 cm³/mol. The maximum Gasteiger partial charge on any atom is 0.272 e. The Morgan fingerprint density at radius 1 is 1.56 bits per heavy atom. The van der Waals surface area contributed by atoms with Gasteiger partial charge in [-0.15, -0.1) is 0 Å². The predicted octanol–water partition coefficient (Wildman–Crippen LogP) is 0.902. The van der Waals surface area contributed by atoms with Gasteiger partial charge < -0.3 is 10.2 Å². The monoisotopic (exact) mass is 225 g/mol. The van der Waals surface area contributed by atoms with Crippen LogP contribution in [0.4, 0.5) is 4.39 Å². The Morgan fingerprint density at radius 3 is 2.94 bits per heavy atom. The molecule has 0 bridgehead atoms. The standard InChI is InChI=1S/C11H16FN3O/c1-13-7-4-8-15(2)11(16)9-5-3-6-10(12)14-9/h3,5-6,13H,4,7-8H2,1-2H3. The van der Waals surface area contributed by atoms with E-state index < -0.39 is 5.95 Å². The van der Waals surface area contributed by atoms with Crippen molar-refractivity contribution in [2.24, 2.45) is 0 Å². The Balaban J connectivity index is 2.56. The van der Waals surface area contributed by atoms with E-state index in [-0.39, 0.29) is 11.6 Å². The van der Waals surface area contributed by atoms with Crippen molar-refractivity contribution in [2.45, 2.75) is 6.42 Å². The van der Waals surface area contributed by atoms with E-state index in [4.69, 9.17) is 0 Å². The first-order valence-corrected chi connectivity index (χ1v) is 5.17. The highest BCUT2D eigenvalue weighted by molar-refractivity contribution is 5.92. The van der Waals surface area contributed by atoms with Crippen LogP contribution in [-0.2, 0) is 0 Å². The number of hydrogen-bond acceptors (Lipinski definition) is 3. The van der Waals surface area contributed by atoms with Crippen molar-refractivity contribution in [1.29, 1.82) is 0 Å². The number of amides is 1. The van der Waals surface area contributed by atoms with Gasteiger partial charge >= 0.3 is 0 Å². The lowest BCUT2D eigenvalue weighted by Gasteiger charge is -2.16. The van der Waals surface area contributed by atoms with Crippen molar-refractivity contribution in [3.05, 3.63) is 29.8 Å². The molecule has 0 saturated heterocycles. The second-order valence-corrected chi connectivity index (χ2v) is 3.53. The Morgan fingerprint density at radius 2 is 2.31 bits per heavy atom. The number of aromatic nitrogens is 1. The summed E-state index contributed by atoms with van der Waals surface area (Å²) in [5.74, 6) is -0.884. The third kappa shape index (κ3) is 3.58. The molecular formula is C11H16FN3O. The fourth-order valence-electron chi connectivity index (χ4n) is 1.32. The van der Waals surface area contributed by atoms with E-state index in [1.165, 1.54) is 18.2 Å². The Bertz CT molecular complexity index is 357. The molecule has 88 valence electrons. The summed E-state index contributed by atoms with van der Waals surface area (Å²) in [5.41, 5.74) is 0.145. The molecule has 0 aliphatic heterocycles. The maximum absolute atomic E-state index is 12.8. The molecule has 0 radical (unpaired) electrons. The molecule has 1 N–H and O–H groups in total. The average Bonchev–Trinajstić information content (AvgIpc) is 2.28. The number of carbonyl (C=O) groups is 1. The van der Waals surface area contributed by atoms with Gasteiger partial charge in [0, 0.05) is 13.6 Å². The summed E-state index contributed by atoms with van der Waals surface area (Å²) >= 11 is 0. The van der Waals surface area contributed by atoms with Gasteiger partial charge in [-0.1, -0.05) is 6.07 Å². The molecule has 1 heterocycles. The summed E-state index contributed by atoms with van der Waals surface area (Å²) in [6.45, 7) is 1.46. The zero-order valence-corrected chi connectivity index (χ0v) is 9.53. The van der Waals surface area contributed by atoms with Crippen LogP contribution in [0.2, 0.25) is 0 Å². The summed E-state index contributed by atoms with van der Waals surface area (Å²) in [6.07, 6.45) is 0.855. The zero-order chi connectivity index (χ0) is 12.0. The van der Waals surface area contributed by atoms with Gasteiger partial charge in [0.1, 0.15) is 5.69 Å². The topological polar surface area (TPSA) is 45.2 Å². The summed E-state index contributed by atoms with van der Waals surface area (Å²) < 4.78 is 12.8. The van der Waals surface area contributed by atoms with Gasteiger partial charge in [-0.2, -0.15) is 4.39 Å². The van der Waals surface area contributed by atoms with Crippen molar-refractivity contribution in [2.75, 3.05) is 27.2 Å². The molecule has 1 aromatic heterocycles. The molecule has 0 aromatic carbocycles. The van der Waals surface area contributed by atoms with Gasteiger partial charge in [-0.05, 0) is 32.1 Å².